The summed E-state index contributed by atoms with van der Waals surface area (Å²) in [6, 6.07) is 10.4. The smallest absolute Gasteiger partial charge is 0.252 e. The highest BCUT2D eigenvalue weighted by Gasteiger charge is 2.38. The number of hydrogen-bond donors (Lipinski definition) is 0. The molecule has 2 atom stereocenters. The lowest BCUT2D eigenvalue weighted by molar-refractivity contribution is -0.142. The van der Waals surface area contributed by atoms with Crippen LogP contribution in [0.2, 0.25) is 0 Å². The number of carbonyl (C=O) groups excluding carboxylic acids is 1. The fraction of sp³-hybridized carbons (Fsp3) is 0.526. The highest BCUT2D eigenvalue weighted by atomic mass is 32.2. The maximum absolute atomic E-state index is 12.8. The van der Waals surface area contributed by atoms with Gasteiger partial charge < -0.3 is 14.2 Å². The first-order valence-electron chi connectivity index (χ1n) is 9.22. The molecule has 1 aromatic carbocycles. The topological polar surface area (TPSA) is 60.2 Å². The Hall–Kier alpha value is -1.86. The lowest BCUT2D eigenvalue weighted by Crippen LogP contribution is -2.39. The van der Waals surface area contributed by atoms with Crippen LogP contribution < -0.4 is 0 Å². The summed E-state index contributed by atoms with van der Waals surface area (Å²) in [5, 5.41) is 9.69. The van der Waals surface area contributed by atoms with Crippen molar-refractivity contribution in [3.8, 4) is 0 Å². The molecule has 2 saturated heterocycles. The summed E-state index contributed by atoms with van der Waals surface area (Å²) in [5.74, 6) is 1.85. The van der Waals surface area contributed by atoms with E-state index in [1.54, 1.807) is 11.8 Å². The van der Waals surface area contributed by atoms with E-state index in [9.17, 15) is 4.79 Å². The van der Waals surface area contributed by atoms with Crippen LogP contribution in [0.25, 0.3) is 0 Å². The van der Waals surface area contributed by atoms with Crippen molar-refractivity contribution in [3.05, 3.63) is 41.7 Å². The van der Waals surface area contributed by atoms with E-state index in [-0.39, 0.29) is 18.1 Å². The third-order valence-corrected chi connectivity index (χ3v) is 6.21. The van der Waals surface area contributed by atoms with Crippen LogP contribution in [0.4, 0.5) is 0 Å². The van der Waals surface area contributed by atoms with Gasteiger partial charge in [-0.3, -0.25) is 4.79 Å². The lowest BCUT2D eigenvalue weighted by Gasteiger charge is -2.26. The first-order valence-corrected chi connectivity index (χ1v) is 10.2. The van der Waals surface area contributed by atoms with Crippen molar-refractivity contribution < 1.29 is 9.53 Å². The van der Waals surface area contributed by atoms with E-state index in [0.717, 1.165) is 49.0 Å². The highest BCUT2D eigenvalue weighted by Crippen LogP contribution is 2.34. The van der Waals surface area contributed by atoms with E-state index in [2.05, 4.69) is 22.3 Å². The van der Waals surface area contributed by atoms with Gasteiger partial charge in [0, 0.05) is 26.0 Å². The van der Waals surface area contributed by atoms with E-state index < -0.39 is 0 Å². The molecule has 2 aliphatic heterocycles. The summed E-state index contributed by atoms with van der Waals surface area (Å²) >= 11 is 1.68. The molecule has 2 aliphatic rings. The number of likely N-dealkylation sites (tertiary alicyclic amines) is 1. The molecule has 7 heteroatoms. The standard InChI is InChI=1S/C19H24N4O2S/c1-22-17(20-21-19(22)26-13-14-7-3-2-4-8-14)15-9-5-11-23(15)18(24)16-10-6-12-25-16/h2-4,7-8,15-16H,5-6,9-13H2,1H3/t15-,16+/m0/s1. The number of benzene rings is 1. The Morgan fingerprint density at radius 1 is 1.23 bits per heavy atom. The summed E-state index contributed by atoms with van der Waals surface area (Å²) < 4.78 is 7.64. The van der Waals surface area contributed by atoms with Crippen LogP contribution in [0.15, 0.2) is 35.5 Å². The molecule has 0 spiro atoms. The van der Waals surface area contributed by atoms with Gasteiger partial charge in [0.1, 0.15) is 6.10 Å². The molecule has 1 amide bonds. The number of rotatable bonds is 5. The van der Waals surface area contributed by atoms with E-state index in [1.807, 2.05) is 34.7 Å². The first kappa shape index (κ1) is 17.5. The maximum atomic E-state index is 12.8. The van der Waals surface area contributed by atoms with Gasteiger partial charge in [-0.25, -0.2) is 0 Å². The number of nitrogens with zero attached hydrogens (tertiary/aromatic N) is 4. The Kier molecular flexibility index (Phi) is 5.26. The van der Waals surface area contributed by atoms with Gasteiger partial charge in [-0.1, -0.05) is 42.1 Å². The molecule has 138 valence electrons. The molecule has 0 radical (unpaired) electrons. The minimum atomic E-state index is -0.268. The Morgan fingerprint density at radius 3 is 2.85 bits per heavy atom. The predicted molar refractivity (Wildman–Crippen MR) is 99.7 cm³/mol. The summed E-state index contributed by atoms with van der Waals surface area (Å²) in [7, 11) is 2.00. The molecule has 0 N–H and O–H groups in total. The van der Waals surface area contributed by atoms with Gasteiger partial charge in [0.05, 0.1) is 6.04 Å². The van der Waals surface area contributed by atoms with Crippen LogP contribution in [-0.2, 0) is 22.3 Å². The van der Waals surface area contributed by atoms with Crippen LogP contribution in [0, 0.1) is 0 Å². The van der Waals surface area contributed by atoms with Crippen LogP contribution in [0.1, 0.15) is 43.1 Å². The largest absolute Gasteiger partial charge is 0.368 e. The Balaban J connectivity index is 1.47. The fourth-order valence-electron chi connectivity index (χ4n) is 3.72. The molecule has 2 fully saturated rings. The van der Waals surface area contributed by atoms with Gasteiger partial charge in [-0.05, 0) is 31.2 Å². The van der Waals surface area contributed by atoms with Gasteiger partial charge >= 0.3 is 0 Å². The third kappa shape index (κ3) is 3.50. The molecule has 2 aromatic rings. The summed E-state index contributed by atoms with van der Waals surface area (Å²) in [5.41, 5.74) is 1.26. The summed E-state index contributed by atoms with van der Waals surface area (Å²) in [6.07, 6.45) is 3.48. The molecular weight excluding hydrogens is 348 g/mol. The number of aromatic nitrogens is 3. The number of amides is 1. The minimum Gasteiger partial charge on any atom is -0.368 e. The zero-order valence-corrected chi connectivity index (χ0v) is 15.8. The predicted octanol–water partition coefficient (Wildman–Crippen LogP) is 2.95. The molecule has 0 saturated carbocycles. The molecular formula is C19H24N4O2S. The van der Waals surface area contributed by atoms with Crippen molar-refractivity contribution in [2.24, 2.45) is 7.05 Å². The molecule has 0 bridgehead atoms. The molecule has 4 rings (SSSR count). The second-order valence-corrected chi connectivity index (χ2v) is 7.81. The summed E-state index contributed by atoms with van der Waals surface area (Å²) in [6.45, 7) is 1.47. The number of thioether (sulfide) groups is 1. The number of carbonyl (C=O) groups is 1. The Morgan fingerprint density at radius 2 is 2.08 bits per heavy atom. The maximum Gasteiger partial charge on any atom is 0.252 e. The average Bonchev–Trinajstić information content (AvgIpc) is 3.41. The Labute approximate surface area is 157 Å². The van der Waals surface area contributed by atoms with Gasteiger partial charge in [-0.2, -0.15) is 0 Å². The van der Waals surface area contributed by atoms with Crippen LogP contribution >= 0.6 is 11.8 Å². The van der Waals surface area contributed by atoms with Crippen molar-refractivity contribution in [2.45, 2.75) is 48.7 Å². The molecule has 1 aromatic heterocycles. The van der Waals surface area contributed by atoms with Gasteiger partial charge in [0.15, 0.2) is 11.0 Å². The van der Waals surface area contributed by atoms with Gasteiger partial charge in [-0.15, -0.1) is 10.2 Å². The zero-order valence-electron chi connectivity index (χ0n) is 15.0. The molecule has 0 unspecified atom stereocenters. The van der Waals surface area contributed by atoms with Gasteiger partial charge in [0.25, 0.3) is 5.91 Å². The van der Waals surface area contributed by atoms with Crippen molar-refractivity contribution in [1.29, 1.82) is 0 Å². The van der Waals surface area contributed by atoms with Crippen molar-refractivity contribution in [2.75, 3.05) is 13.2 Å². The second-order valence-electron chi connectivity index (χ2n) is 6.87. The van der Waals surface area contributed by atoms with Crippen molar-refractivity contribution >= 4 is 17.7 Å². The monoisotopic (exact) mass is 372 g/mol. The zero-order chi connectivity index (χ0) is 17.9. The third-order valence-electron chi connectivity index (χ3n) is 5.12. The Bertz CT molecular complexity index is 758. The minimum absolute atomic E-state index is 0.00951. The van der Waals surface area contributed by atoms with E-state index >= 15 is 0 Å². The lowest BCUT2D eigenvalue weighted by atomic mass is 10.1. The van der Waals surface area contributed by atoms with Crippen LogP contribution in [0.3, 0.4) is 0 Å². The van der Waals surface area contributed by atoms with Crippen LogP contribution in [0.5, 0.6) is 0 Å². The number of ether oxygens (including phenoxy) is 1. The molecule has 6 nitrogen and oxygen atoms in total. The summed E-state index contributed by atoms with van der Waals surface area (Å²) in [4.78, 5) is 14.7. The van der Waals surface area contributed by atoms with Crippen molar-refractivity contribution in [1.82, 2.24) is 19.7 Å². The molecule has 0 aliphatic carbocycles. The van der Waals surface area contributed by atoms with Gasteiger partial charge in [0.2, 0.25) is 0 Å². The van der Waals surface area contributed by atoms with Crippen LogP contribution in [-0.4, -0.2) is 44.8 Å². The van der Waals surface area contributed by atoms with E-state index in [4.69, 9.17) is 4.74 Å². The average molecular weight is 372 g/mol. The number of hydrogen-bond acceptors (Lipinski definition) is 5. The fourth-order valence-corrected chi connectivity index (χ4v) is 4.59. The van der Waals surface area contributed by atoms with E-state index in [0.29, 0.717) is 6.61 Å². The SMILES string of the molecule is Cn1c(SCc2ccccc2)nnc1[C@@H]1CCCN1C(=O)[C@H]1CCCO1. The quantitative estimate of drug-likeness (QED) is 0.755. The van der Waals surface area contributed by atoms with E-state index in [1.165, 1.54) is 5.56 Å². The normalized spacial score (nSPS) is 22.9. The molecule has 3 heterocycles. The highest BCUT2D eigenvalue weighted by molar-refractivity contribution is 7.98. The first-order chi connectivity index (χ1) is 12.7. The molecule has 26 heavy (non-hydrogen) atoms. The van der Waals surface area contributed by atoms with Crippen molar-refractivity contribution in [3.63, 3.8) is 0 Å². The second kappa shape index (κ2) is 7.80.